The largest absolute Gasteiger partial charge is 0.367 e. The maximum Gasteiger partial charge on any atom is 0.179 e. The molecular formula is C12H21N3O2S. The number of nitrogens with two attached hydrogens (primary N) is 1. The topological polar surface area (TPSA) is 85.1 Å². The number of nitrogens with zero attached hydrogens (tertiary/aromatic N) is 1. The summed E-state index contributed by atoms with van der Waals surface area (Å²) < 4.78 is 23.2. The van der Waals surface area contributed by atoms with E-state index >= 15 is 0 Å². The zero-order valence-electron chi connectivity index (χ0n) is 11.1. The molecule has 1 aromatic rings. The van der Waals surface area contributed by atoms with Gasteiger partial charge in [-0.3, -0.25) is 0 Å². The fourth-order valence-corrected chi connectivity index (χ4v) is 2.38. The van der Waals surface area contributed by atoms with Crippen molar-refractivity contribution in [2.75, 3.05) is 18.1 Å². The Balaban J connectivity index is 2.93. The molecule has 0 aliphatic carbocycles. The van der Waals surface area contributed by atoms with Gasteiger partial charge in [0.15, 0.2) is 9.84 Å². The zero-order chi connectivity index (χ0) is 13.8. The van der Waals surface area contributed by atoms with Gasteiger partial charge < -0.3 is 11.1 Å². The third kappa shape index (κ3) is 3.68. The predicted octanol–water partition coefficient (Wildman–Crippen LogP) is 1.41. The van der Waals surface area contributed by atoms with Crippen LogP contribution in [0.25, 0.3) is 0 Å². The van der Waals surface area contributed by atoms with Crippen LogP contribution in [0.1, 0.15) is 26.7 Å². The SMILES string of the molecule is CCC(N)(CC)CNc1ncccc1S(C)(=O)=O. The van der Waals surface area contributed by atoms with Crippen molar-refractivity contribution in [3.05, 3.63) is 18.3 Å². The number of nitrogens with one attached hydrogen (secondary N) is 1. The number of sulfone groups is 1. The lowest BCUT2D eigenvalue weighted by molar-refractivity contribution is 0.417. The highest BCUT2D eigenvalue weighted by atomic mass is 32.2. The number of aromatic nitrogens is 1. The van der Waals surface area contributed by atoms with Crippen molar-refractivity contribution in [1.29, 1.82) is 0 Å². The molecule has 0 spiro atoms. The molecule has 0 aromatic carbocycles. The second-order valence-corrected chi connectivity index (χ2v) is 6.53. The average molecular weight is 271 g/mol. The number of rotatable bonds is 6. The van der Waals surface area contributed by atoms with Crippen LogP contribution in [0.3, 0.4) is 0 Å². The van der Waals surface area contributed by atoms with Gasteiger partial charge in [-0.2, -0.15) is 0 Å². The van der Waals surface area contributed by atoms with Crippen LogP contribution in [-0.4, -0.2) is 31.7 Å². The normalized spacial score (nSPS) is 12.4. The number of hydrogen-bond donors (Lipinski definition) is 2. The standard InChI is InChI=1S/C12H21N3O2S/c1-4-12(13,5-2)9-15-11-10(18(3,16)17)7-6-8-14-11/h6-8H,4-5,9,13H2,1-3H3,(H,14,15). The Kier molecular flexibility index (Phi) is 4.70. The molecule has 0 radical (unpaired) electrons. The Labute approximate surface area is 109 Å². The van der Waals surface area contributed by atoms with Gasteiger partial charge in [0, 0.05) is 24.5 Å². The van der Waals surface area contributed by atoms with E-state index in [1.165, 1.54) is 6.26 Å². The summed E-state index contributed by atoms with van der Waals surface area (Å²) in [4.78, 5) is 4.28. The predicted molar refractivity (Wildman–Crippen MR) is 73.3 cm³/mol. The highest BCUT2D eigenvalue weighted by Crippen LogP contribution is 2.19. The lowest BCUT2D eigenvalue weighted by atomic mass is 9.94. The molecule has 1 rings (SSSR count). The summed E-state index contributed by atoms with van der Waals surface area (Å²) >= 11 is 0. The summed E-state index contributed by atoms with van der Waals surface area (Å²) in [6, 6.07) is 3.15. The average Bonchev–Trinajstić information content (AvgIpc) is 2.35. The van der Waals surface area contributed by atoms with Crippen molar-refractivity contribution < 1.29 is 8.42 Å². The molecule has 6 heteroatoms. The van der Waals surface area contributed by atoms with E-state index in [1.807, 2.05) is 13.8 Å². The summed E-state index contributed by atoms with van der Waals surface area (Å²) in [6.07, 6.45) is 4.37. The van der Waals surface area contributed by atoms with Crippen LogP contribution in [0.2, 0.25) is 0 Å². The molecule has 0 saturated carbocycles. The van der Waals surface area contributed by atoms with E-state index in [-0.39, 0.29) is 10.4 Å². The van der Waals surface area contributed by atoms with Gasteiger partial charge in [-0.15, -0.1) is 0 Å². The molecule has 0 bridgehead atoms. The van der Waals surface area contributed by atoms with E-state index in [1.54, 1.807) is 18.3 Å². The van der Waals surface area contributed by atoms with Gasteiger partial charge in [-0.05, 0) is 25.0 Å². The van der Waals surface area contributed by atoms with Gasteiger partial charge in [0.1, 0.15) is 10.7 Å². The molecule has 0 unspecified atom stereocenters. The second-order valence-electron chi connectivity index (χ2n) is 4.55. The minimum Gasteiger partial charge on any atom is -0.367 e. The Morgan fingerprint density at radius 1 is 1.39 bits per heavy atom. The van der Waals surface area contributed by atoms with E-state index in [4.69, 9.17) is 5.73 Å². The van der Waals surface area contributed by atoms with Crippen LogP contribution in [0.4, 0.5) is 5.82 Å². The molecule has 1 aromatic heterocycles. The van der Waals surface area contributed by atoms with Gasteiger partial charge in [-0.1, -0.05) is 13.8 Å². The van der Waals surface area contributed by atoms with E-state index < -0.39 is 9.84 Å². The third-order valence-electron chi connectivity index (χ3n) is 3.19. The van der Waals surface area contributed by atoms with Crippen molar-refractivity contribution in [2.45, 2.75) is 37.1 Å². The van der Waals surface area contributed by atoms with Crippen molar-refractivity contribution >= 4 is 15.7 Å². The fourth-order valence-electron chi connectivity index (χ4n) is 1.58. The molecule has 0 saturated heterocycles. The summed E-state index contributed by atoms with van der Waals surface area (Å²) in [7, 11) is -3.28. The maximum absolute atomic E-state index is 11.6. The Morgan fingerprint density at radius 3 is 2.50 bits per heavy atom. The van der Waals surface area contributed by atoms with Crippen LogP contribution in [0, 0.1) is 0 Å². The first kappa shape index (κ1) is 14.9. The summed E-state index contributed by atoms with van der Waals surface area (Å²) in [5.41, 5.74) is 5.82. The van der Waals surface area contributed by atoms with E-state index in [9.17, 15) is 8.42 Å². The van der Waals surface area contributed by atoms with Crippen LogP contribution >= 0.6 is 0 Å². The third-order valence-corrected chi connectivity index (χ3v) is 4.31. The van der Waals surface area contributed by atoms with Gasteiger partial charge in [0.25, 0.3) is 0 Å². The Hall–Kier alpha value is -1.14. The molecule has 0 aliphatic heterocycles. The molecule has 0 fully saturated rings. The number of hydrogen-bond acceptors (Lipinski definition) is 5. The van der Waals surface area contributed by atoms with Gasteiger partial charge in [0.2, 0.25) is 0 Å². The van der Waals surface area contributed by atoms with Gasteiger partial charge in [-0.25, -0.2) is 13.4 Å². The molecule has 0 atom stereocenters. The molecule has 3 N–H and O–H groups in total. The molecule has 102 valence electrons. The lowest BCUT2D eigenvalue weighted by Gasteiger charge is -2.27. The van der Waals surface area contributed by atoms with Crippen molar-refractivity contribution in [3.8, 4) is 0 Å². The first-order valence-electron chi connectivity index (χ1n) is 6.00. The van der Waals surface area contributed by atoms with Crippen LogP contribution in [-0.2, 0) is 9.84 Å². The Bertz CT molecular complexity index is 496. The highest BCUT2D eigenvalue weighted by Gasteiger charge is 2.21. The lowest BCUT2D eigenvalue weighted by Crippen LogP contribution is -2.45. The zero-order valence-corrected chi connectivity index (χ0v) is 11.9. The van der Waals surface area contributed by atoms with Gasteiger partial charge >= 0.3 is 0 Å². The van der Waals surface area contributed by atoms with Crippen molar-refractivity contribution in [1.82, 2.24) is 4.98 Å². The first-order valence-corrected chi connectivity index (χ1v) is 7.89. The van der Waals surface area contributed by atoms with Crippen molar-refractivity contribution in [2.24, 2.45) is 5.73 Å². The molecule has 1 heterocycles. The highest BCUT2D eigenvalue weighted by molar-refractivity contribution is 7.90. The van der Waals surface area contributed by atoms with E-state index in [0.717, 1.165) is 12.8 Å². The molecule has 0 aliphatic rings. The number of anilines is 1. The van der Waals surface area contributed by atoms with Crippen LogP contribution in [0.15, 0.2) is 23.2 Å². The quantitative estimate of drug-likeness (QED) is 0.817. The number of pyridine rings is 1. The molecular weight excluding hydrogens is 250 g/mol. The van der Waals surface area contributed by atoms with Gasteiger partial charge in [0.05, 0.1) is 0 Å². The van der Waals surface area contributed by atoms with Crippen LogP contribution < -0.4 is 11.1 Å². The van der Waals surface area contributed by atoms with E-state index in [2.05, 4.69) is 10.3 Å². The monoisotopic (exact) mass is 271 g/mol. The van der Waals surface area contributed by atoms with Crippen molar-refractivity contribution in [3.63, 3.8) is 0 Å². The summed E-state index contributed by atoms with van der Waals surface area (Å²) in [5.74, 6) is 0.372. The van der Waals surface area contributed by atoms with E-state index in [0.29, 0.717) is 12.4 Å². The summed E-state index contributed by atoms with van der Waals surface area (Å²) in [5, 5.41) is 3.05. The fraction of sp³-hybridized carbons (Fsp3) is 0.583. The minimum atomic E-state index is -3.28. The molecule has 0 amide bonds. The van der Waals surface area contributed by atoms with Crippen LogP contribution in [0.5, 0.6) is 0 Å². The Morgan fingerprint density at radius 2 is 2.00 bits per heavy atom. The summed E-state index contributed by atoms with van der Waals surface area (Å²) in [6.45, 7) is 4.53. The second kappa shape index (κ2) is 5.67. The smallest absolute Gasteiger partial charge is 0.179 e. The maximum atomic E-state index is 11.6. The first-order chi connectivity index (χ1) is 8.32. The molecule has 18 heavy (non-hydrogen) atoms. The molecule has 5 nitrogen and oxygen atoms in total. The minimum absolute atomic E-state index is 0.208.